The summed E-state index contributed by atoms with van der Waals surface area (Å²) >= 11 is 0. The second-order valence-corrected chi connectivity index (χ2v) is 7.06. The van der Waals surface area contributed by atoms with E-state index in [1.165, 1.54) is 0 Å². The van der Waals surface area contributed by atoms with Gasteiger partial charge in [-0.3, -0.25) is 4.79 Å². The van der Waals surface area contributed by atoms with Crippen LogP contribution in [0.1, 0.15) is 40.9 Å². The lowest BCUT2D eigenvalue weighted by molar-refractivity contribution is 0.182. The van der Waals surface area contributed by atoms with E-state index in [9.17, 15) is 4.79 Å². The maximum Gasteiger partial charge on any atom is 0.268 e. The topological polar surface area (TPSA) is 70.2 Å². The zero-order valence-corrected chi connectivity index (χ0v) is 14.8. The fraction of sp³-hybridized carbons (Fsp3) is 0.350. The molecule has 132 valence electrons. The first-order chi connectivity index (χ1) is 12.6. The average Bonchev–Trinajstić information content (AvgIpc) is 3.34. The number of aromatic nitrogens is 3. The predicted molar refractivity (Wildman–Crippen MR) is 95.3 cm³/mol. The van der Waals surface area contributed by atoms with Crippen molar-refractivity contribution in [2.75, 3.05) is 0 Å². The zero-order valence-electron chi connectivity index (χ0n) is 14.8. The molecule has 0 radical (unpaired) electrons. The van der Waals surface area contributed by atoms with Gasteiger partial charge >= 0.3 is 0 Å². The number of hydrogen-bond donors (Lipinski definition) is 0. The second-order valence-electron chi connectivity index (χ2n) is 7.06. The molecule has 2 aromatic heterocycles. The van der Waals surface area contributed by atoms with E-state index < -0.39 is 0 Å². The van der Waals surface area contributed by atoms with E-state index in [1.807, 2.05) is 26.0 Å². The third kappa shape index (κ3) is 2.21. The lowest BCUT2D eigenvalue weighted by Crippen LogP contribution is -2.15. The Labute approximate surface area is 150 Å². The van der Waals surface area contributed by atoms with Crippen LogP contribution < -0.4 is 10.2 Å². The standard InChI is InChI=1S/C20H19N3O3/c1-11-5-3-6-13-10-16(25-18(11)13)20-21-19(22-26-20)17-14-7-4-8-23(14)12(2)9-15(17)24/h3,5-6,9,16H,4,7-8,10H2,1-2H3/t16-/m1/s1. The molecule has 1 aromatic carbocycles. The molecule has 2 aliphatic heterocycles. The number of para-hydroxylation sites is 1. The summed E-state index contributed by atoms with van der Waals surface area (Å²) in [5.41, 5.74) is 4.75. The highest BCUT2D eigenvalue weighted by Gasteiger charge is 2.31. The zero-order chi connectivity index (χ0) is 17.8. The number of benzene rings is 1. The van der Waals surface area contributed by atoms with Crippen molar-refractivity contribution in [3.05, 3.63) is 62.9 Å². The van der Waals surface area contributed by atoms with Gasteiger partial charge in [-0.1, -0.05) is 23.4 Å². The van der Waals surface area contributed by atoms with Gasteiger partial charge in [0.25, 0.3) is 5.89 Å². The largest absolute Gasteiger partial charge is 0.480 e. The lowest BCUT2D eigenvalue weighted by atomic mass is 10.1. The van der Waals surface area contributed by atoms with Crippen molar-refractivity contribution >= 4 is 0 Å². The first kappa shape index (κ1) is 15.4. The number of nitrogens with zero attached hydrogens (tertiary/aromatic N) is 3. The van der Waals surface area contributed by atoms with Gasteiger partial charge in [0.15, 0.2) is 11.5 Å². The highest BCUT2D eigenvalue weighted by molar-refractivity contribution is 5.59. The highest BCUT2D eigenvalue weighted by Crippen LogP contribution is 2.38. The predicted octanol–water partition coefficient (Wildman–Crippen LogP) is 3.14. The number of ether oxygens (including phenoxy) is 1. The van der Waals surface area contributed by atoms with E-state index in [2.05, 4.69) is 20.8 Å². The molecule has 0 amide bonds. The minimum Gasteiger partial charge on any atom is -0.480 e. The van der Waals surface area contributed by atoms with Crippen LogP contribution in [0, 0.1) is 13.8 Å². The molecule has 5 rings (SSSR count). The summed E-state index contributed by atoms with van der Waals surface area (Å²) in [5, 5.41) is 4.10. The molecule has 0 fully saturated rings. The first-order valence-corrected chi connectivity index (χ1v) is 8.94. The van der Waals surface area contributed by atoms with Crippen molar-refractivity contribution < 1.29 is 9.26 Å². The number of pyridine rings is 1. The monoisotopic (exact) mass is 349 g/mol. The Kier molecular flexibility index (Phi) is 3.29. The Balaban J connectivity index is 1.53. The second kappa shape index (κ2) is 5.56. The van der Waals surface area contributed by atoms with E-state index in [0.29, 0.717) is 23.7 Å². The summed E-state index contributed by atoms with van der Waals surface area (Å²) < 4.78 is 13.7. The van der Waals surface area contributed by atoms with E-state index in [1.54, 1.807) is 6.07 Å². The summed E-state index contributed by atoms with van der Waals surface area (Å²) in [4.78, 5) is 17.1. The third-order valence-corrected chi connectivity index (χ3v) is 5.32. The SMILES string of the molecule is Cc1cccc2c1O[C@@H](c1nc(-c3c4n(c(C)cc3=O)CCC4)no1)C2. The average molecular weight is 349 g/mol. The molecule has 1 atom stereocenters. The fourth-order valence-electron chi connectivity index (χ4n) is 4.08. The third-order valence-electron chi connectivity index (χ3n) is 5.32. The summed E-state index contributed by atoms with van der Waals surface area (Å²) in [6.07, 6.45) is 2.29. The molecule has 0 unspecified atom stereocenters. The van der Waals surface area contributed by atoms with Gasteiger partial charge in [-0.2, -0.15) is 4.98 Å². The number of aryl methyl sites for hydroxylation is 2. The lowest BCUT2D eigenvalue weighted by Gasteiger charge is -2.10. The van der Waals surface area contributed by atoms with Gasteiger partial charge in [-0.25, -0.2) is 0 Å². The maximum atomic E-state index is 12.6. The molecule has 0 N–H and O–H groups in total. The minimum atomic E-state index is -0.298. The van der Waals surface area contributed by atoms with Crippen LogP contribution in [0.3, 0.4) is 0 Å². The fourth-order valence-corrected chi connectivity index (χ4v) is 4.08. The smallest absolute Gasteiger partial charge is 0.268 e. The van der Waals surface area contributed by atoms with E-state index in [4.69, 9.17) is 9.26 Å². The quantitative estimate of drug-likeness (QED) is 0.711. The Bertz CT molecular complexity index is 1080. The molecular weight excluding hydrogens is 330 g/mol. The molecule has 6 nitrogen and oxygen atoms in total. The van der Waals surface area contributed by atoms with E-state index in [0.717, 1.165) is 47.7 Å². The van der Waals surface area contributed by atoms with Crippen molar-refractivity contribution in [2.24, 2.45) is 0 Å². The van der Waals surface area contributed by atoms with Crippen molar-refractivity contribution in [2.45, 2.75) is 45.8 Å². The maximum absolute atomic E-state index is 12.6. The molecule has 0 saturated heterocycles. The van der Waals surface area contributed by atoms with Gasteiger partial charge in [-0.05, 0) is 37.8 Å². The molecule has 3 aromatic rings. The molecule has 0 spiro atoms. The van der Waals surface area contributed by atoms with Crippen molar-refractivity contribution in [3.8, 4) is 17.1 Å². The molecule has 0 aliphatic carbocycles. The molecule has 0 saturated carbocycles. The summed E-state index contributed by atoms with van der Waals surface area (Å²) in [5.74, 6) is 1.69. The Morgan fingerprint density at radius 2 is 2.15 bits per heavy atom. The molecule has 6 heteroatoms. The molecule has 2 aliphatic rings. The molecule has 0 bridgehead atoms. The van der Waals surface area contributed by atoms with Crippen LogP contribution in [0.5, 0.6) is 5.75 Å². The van der Waals surface area contributed by atoms with Crippen LogP contribution in [0.4, 0.5) is 0 Å². The Morgan fingerprint density at radius 1 is 1.27 bits per heavy atom. The minimum absolute atomic E-state index is 0.0468. The Morgan fingerprint density at radius 3 is 3.00 bits per heavy atom. The van der Waals surface area contributed by atoms with Crippen molar-refractivity contribution in [3.63, 3.8) is 0 Å². The van der Waals surface area contributed by atoms with Crippen LogP contribution in [0.15, 0.2) is 33.6 Å². The number of rotatable bonds is 2. The van der Waals surface area contributed by atoms with E-state index in [-0.39, 0.29) is 11.5 Å². The highest BCUT2D eigenvalue weighted by atomic mass is 16.5. The van der Waals surface area contributed by atoms with Gasteiger partial charge in [0.2, 0.25) is 5.82 Å². The van der Waals surface area contributed by atoms with Crippen molar-refractivity contribution in [1.29, 1.82) is 0 Å². The Hall–Kier alpha value is -2.89. The number of fused-ring (bicyclic) bond motifs is 2. The van der Waals surface area contributed by atoms with Crippen LogP contribution in [-0.4, -0.2) is 14.7 Å². The van der Waals surface area contributed by atoms with Crippen molar-refractivity contribution in [1.82, 2.24) is 14.7 Å². The van der Waals surface area contributed by atoms with Gasteiger partial charge in [0, 0.05) is 30.4 Å². The van der Waals surface area contributed by atoms with Gasteiger partial charge < -0.3 is 13.8 Å². The van der Waals surface area contributed by atoms with Gasteiger partial charge in [-0.15, -0.1) is 0 Å². The molecule has 4 heterocycles. The van der Waals surface area contributed by atoms with E-state index >= 15 is 0 Å². The summed E-state index contributed by atoms with van der Waals surface area (Å²) in [6.45, 7) is 4.92. The molecular formula is C20H19N3O3. The normalized spacial score (nSPS) is 17.8. The van der Waals surface area contributed by atoms with Crippen LogP contribution in [-0.2, 0) is 19.4 Å². The van der Waals surface area contributed by atoms with Crippen LogP contribution in [0.2, 0.25) is 0 Å². The number of hydrogen-bond acceptors (Lipinski definition) is 5. The molecule has 26 heavy (non-hydrogen) atoms. The summed E-state index contributed by atoms with van der Waals surface area (Å²) in [6, 6.07) is 7.76. The van der Waals surface area contributed by atoms with Crippen LogP contribution >= 0.6 is 0 Å². The summed E-state index contributed by atoms with van der Waals surface area (Å²) in [7, 11) is 0. The van der Waals surface area contributed by atoms with Gasteiger partial charge in [0.05, 0.1) is 5.56 Å². The van der Waals surface area contributed by atoms with Crippen LogP contribution in [0.25, 0.3) is 11.4 Å². The van der Waals surface area contributed by atoms with Gasteiger partial charge in [0.1, 0.15) is 5.75 Å². The first-order valence-electron chi connectivity index (χ1n) is 8.94.